The molecule has 0 amide bonds. The third kappa shape index (κ3) is 4.06. The maximum absolute atomic E-state index is 10.3. The monoisotopic (exact) mass is 401 g/mol. The van der Waals surface area contributed by atoms with Crippen LogP contribution in [0, 0.1) is 0 Å². The highest BCUT2D eigenvalue weighted by atomic mass is 16.3. The number of benzene rings is 1. The Morgan fingerprint density at radius 2 is 1.87 bits per heavy atom. The van der Waals surface area contributed by atoms with Gasteiger partial charge in [-0.25, -0.2) is 9.97 Å². The van der Waals surface area contributed by atoms with E-state index in [-0.39, 0.29) is 6.10 Å². The van der Waals surface area contributed by atoms with Crippen LogP contribution in [0.3, 0.4) is 0 Å². The van der Waals surface area contributed by atoms with Crippen LogP contribution in [-0.4, -0.2) is 50.7 Å². The minimum Gasteiger partial charge on any atom is -0.391 e. The minimum absolute atomic E-state index is 0.299. The van der Waals surface area contributed by atoms with Crippen LogP contribution in [-0.2, 0) is 19.5 Å². The third-order valence-electron chi connectivity index (χ3n) is 5.96. The highest BCUT2D eigenvalue weighted by molar-refractivity contribution is 5.58. The van der Waals surface area contributed by atoms with Crippen molar-refractivity contribution < 1.29 is 5.11 Å². The summed E-state index contributed by atoms with van der Waals surface area (Å²) < 4.78 is 0. The first-order valence-corrected chi connectivity index (χ1v) is 10.8. The molecule has 4 heterocycles. The molecule has 6 heteroatoms. The van der Waals surface area contributed by atoms with Crippen LogP contribution in [0.15, 0.2) is 54.7 Å². The molecule has 1 aromatic carbocycles. The summed E-state index contributed by atoms with van der Waals surface area (Å²) >= 11 is 0. The highest BCUT2D eigenvalue weighted by Crippen LogP contribution is 2.31. The number of rotatable bonds is 4. The predicted molar refractivity (Wildman–Crippen MR) is 117 cm³/mol. The number of aromatic nitrogens is 3. The SMILES string of the molecule is OC1CCCN(c2nc(-c3ccccn3)nc3c2CN(Cc2ccccc2)CC3)C1. The number of piperidine rings is 1. The Labute approximate surface area is 177 Å². The van der Waals surface area contributed by atoms with Crippen molar-refractivity contribution in [2.75, 3.05) is 24.5 Å². The maximum Gasteiger partial charge on any atom is 0.180 e. The van der Waals surface area contributed by atoms with Crippen molar-refractivity contribution in [3.05, 3.63) is 71.5 Å². The number of hydrogen-bond donors (Lipinski definition) is 1. The van der Waals surface area contributed by atoms with Gasteiger partial charge in [-0.3, -0.25) is 9.88 Å². The first-order valence-electron chi connectivity index (χ1n) is 10.8. The fourth-order valence-electron chi connectivity index (χ4n) is 4.45. The topological polar surface area (TPSA) is 65.4 Å². The number of aliphatic hydroxyl groups is 1. The van der Waals surface area contributed by atoms with Gasteiger partial charge in [-0.2, -0.15) is 0 Å². The molecule has 0 spiro atoms. The second-order valence-corrected chi connectivity index (χ2v) is 8.20. The number of β-amino-alcohol motifs (C(OH)–C–C–N with tert-alkyl or cyclic N) is 1. The zero-order valence-corrected chi connectivity index (χ0v) is 17.1. The smallest absolute Gasteiger partial charge is 0.180 e. The molecule has 2 aliphatic rings. The Morgan fingerprint density at radius 1 is 1.00 bits per heavy atom. The van der Waals surface area contributed by atoms with Gasteiger partial charge in [-0.05, 0) is 30.5 Å². The van der Waals surface area contributed by atoms with Crippen molar-refractivity contribution >= 4 is 5.82 Å². The second kappa shape index (κ2) is 8.50. The van der Waals surface area contributed by atoms with Crippen molar-refractivity contribution in [3.8, 4) is 11.5 Å². The Bertz CT molecular complexity index is 995. The van der Waals surface area contributed by atoms with E-state index in [1.807, 2.05) is 18.2 Å². The summed E-state index contributed by atoms with van der Waals surface area (Å²) in [7, 11) is 0. The summed E-state index contributed by atoms with van der Waals surface area (Å²) in [5.74, 6) is 1.65. The van der Waals surface area contributed by atoms with E-state index in [0.717, 1.165) is 62.6 Å². The van der Waals surface area contributed by atoms with E-state index in [2.05, 4.69) is 45.1 Å². The summed E-state index contributed by atoms with van der Waals surface area (Å²) in [6, 6.07) is 16.4. The number of nitrogens with zero attached hydrogens (tertiary/aromatic N) is 5. The standard InChI is InChI=1S/C24H27N5O/c30-19-9-6-13-29(16-19)24-20-17-28(15-18-7-2-1-3-8-18)14-11-21(20)26-23(27-24)22-10-4-5-12-25-22/h1-5,7-8,10,12,19,30H,6,9,11,13-17H2. The van der Waals surface area contributed by atoms with E-state index in [4.69, 9.17) is 9.97 Å². The number of pyridine rings is 1. The molecule has 3 aromatic rings. The summed E-state index contributed by atoms with van der Waals surface area (Å²) in [5, 5.41) is 10.3. The quantitative estimate of drug-likeness (QED) is 0.725. The minimum atomic E-state index is -0.299. The molecule has 0 bridgehead atoms. The molecule has 154 valence electrons. The Kier molecular flexibility index (Phi) is 5.43. The van der Waals surface area contributed by atoms with Gasteiger partial charge in [0.25, 0.3) is 0 Å². The molecular formula is C24H27N5O. The van der Waals surface area contributed by atoms with Gasteiger partial charge >= 0.3 is 0 Å². The van der Waals surface area contributed by atoms with Gasteiger partial charge in [0.15, 0.2) is 5.82 Å². The van der Waals surface area contributed by atoms with Crippen LogP contribution in [0.4, 0.5) is 5.82 Å². The lowest BCUT2D eigenvalue weighted by Gasteiger charge is -2.36. The Hall–Kier alpha value is -2.83. The van der Waals surface area contributed by atoms with Crippen LogP contribution in [0.1, 0.15) is 29.7 Å². The number of hydrogen-bond acceptors (Lipinski definition) is 6. The van der Waals surface area contributed by atoms with Gasteiger partial charge < -0.3 is 10.0 Å². The molecule has 2 aliphatic heterocycles. The fraction of sp³-hybridized carbons (Fsp3) is 0.375. The molecule has 6 nitrogen and oxygen atoms in total. The van der Waals surface area contributed by atoms with Crippen LogP contribution < -0.4 is 4.90 Å². The normalized spacial score (nSPS) is 19.5. The van der Waals surface area contributed by atoms with Gasteiger partial charge in [0, 0.05) is 50.9 Å². The van der Waals surface area contributed by atoms with Crippen molar-refractivity contribution in [2.24, 2.45) is 0 Å². The molecule has 1 saturated heterocycles. The molecule has 1 unspecified atom stereocenters. The first kappa shape index (κ1) is 19.2. The summed E-state index contributed by atoms with van der Waals surface area (Å²) in [4.78, 5) is 19.1. The van der Waals surface area contributed by atoms with E-state index in [1.165, 1.54) is 11.1 Å². The average molecular weight is 402 g/mol. The van der Waals surface area contributed by atoms with E-state index < -0.39 is 0 Å². The van der Waals surface area contributed by atoms with Crippen LogP contribution in [0.2, 0.25) is 0 Å². The molecule has 30 heavy (non-hydrogen) atoms. The van der Waals surface area contributed by atoms with Gasteiger partial charge in [-0.1, -0.05) is 36.4 Å². The summed E-state index contributed by atoms with van der Waals surface area (Å²) in [5.41, 5.74) is 4.43. The predicted octanol–water partition coefficient (Wildman–Crippen LogP) is 3.06. The molecule has 1 atom stereocenters. The molecule has 0 aliphatic carbocycles. The van der Waals surface area contributed by atoms with E-state index >= 15 is 0 Å². The van der Waals surface area contributed by atoms with Crippen molar-refractivity contribution in [1.82, 2.24) is 19.9 Å². The lowest BCUT2D eigenvalue weighted by molar-refractivity contribution is 0.153. The van der Waals surface area contributed by atoms with E-state index in [0.29, 0.717) is 12.4 Å². The average Bonchev–Trinajstić information content (AvgIpc) is 2.80. The zero-order valence-electron chi connectivity index (χ0n) is 17.1. The molecule has 0 radical (unpaired) electrons. The maximum atomic E-state index is 10.3. The fourth-order valence-corrected chi connectivity index (χ4v) is 4.45. The molecule has 5 rings (SSSR count). The molecule has 1 fully saturated rings. The number of anilines is 1. The van der Waals surface area contributed by atoms with Crippen molar-refractivity contribution in [2.45, 2.75) is 38.5 Å². The van der Waals surface area contributed by atoms with Crippen molar-refractivity contribution in [3.63, 3.8) is 0 Å². The highest BCUT2D eigenvalue weighted by Gasteiger charge is 2.28. The van der Waals surface area contributed by atoms with E-state index in [1.54, 1.807) is 6.20 Å². The second-order valence-electron chi connectivity index (χ2n) is 8.20. The summed E-state index contributed by atoms with van der Waals surface area (Å²) in [6.07, 6.45) is 4.22. The van der Waals surface area contributed by atoms with Gasteiger partial charge in [0.05, 0.1) is 11.8 Å². The lowest BCUT2D eigenvalue weighted by Crippen LogP contribution is -2.41. The summed E-state index contributed by atoms with van der Waals surface area (Å²) in [6.45, 7) is 4.27. The molecule has 0 saturated carbocycles. The largest absolute Gasteiger partial charge is 0.391 e. The number of aliphatic hydroxyl groups excluding tert-OH is 1. The Balaban J connectivity index is 1.50. The lowest BCUT2D eigenvalue weighted by atomic mass is 10.0. The van der Waals surface area contributed by atoms with Gasteiger partial charge in [0.2, 0.25) is 0 Å². The number of fused-ring (bicyclic) bond motifs is 1. The van der Waals surface area contributed by atoms with Crippen molar-refractivity contribution in [1.29, 1.82) is 0 Å². The van der Waals surface area contributed by atoms with Gasteiger partial charge in [-0.15, -0.1) is 0 Å². The zero-order chi connectivity index (χ0) is 20.3. The first-order chi connectivity index (χ1) is 14.8. The van der Waals surface area contributed by atoms with Crippen LogP contribution >= 0.6 is 0 Å². The molecular weight excluding hydrogens is 374 g/mol. The third-order valence-corrected chi connectivity index (χ3v) is 5.96. The molecule has 1 N–H and O–H groups in total. The van der Waals surface area contributed by atoms with Crippen LogP contribution in [0.25, 0.3) is 11.5 Å². The van der Waals surface area contributed by atoms with Crippen LogP contribution in [0.5, 0.6) is 0 Å². The van der Waals surface area contributed by atoms with Gasteiger partial charge in [0.1, 0.15) is 11.5 Å². The van der Waals surface area contributed by atoms with E-state index in [9.17, 15) is 5.11 Å². The Morgan fingerprint density at radius 3 is 2.67 bits per heavy atom. The molecule has 2 aromatic heterocycles.